The molecule has 2 aromatic rings. The average molecular weight is 351 g/mol. The molecule has 1 saturated heterocycles. The molecule has 0 radical (unpaired) electrons. The Morgan fingerprint density at radius 3 is 2.46 bits per heavy atom. The zero-order valence-electron chi connectivity index (χ0n) is 15.3. The number of para-hydroxylation sites is 3. The fourth-order valence-electron chi connectivity index (χ4n) is 3.34. The Morgan fingerprint density at radius 1 is 1.12 bits per heavy atom. The summed E-state index contributed by atoms with van der Waals surface area (Å²) in [7, 11) is 0. The summed E-state index contributed by atoms with van der Waals surface area (Å²) >= 11 is 0. The van der Waals surface area contributed by atoms with Crippen molar-refractivity contribution in [2.75, 3.05) is 28.2 Å². The van der Waals surface area contributed by atoms with Crippen LogP contribution in [-0.4, -0.2) is 30.9 Å². The highest BCUT2D eigenvalue weighted by atomic mass is 16.2. The van der Waals surface area contributed by atoms with Gasteiger partial charge in [-0.25, -0.2) is 0 Å². The molecule has 136 valence electrons. The van der Waals surface area contributed by atoms with Crippen LogP contribution in [0.25, 0.3) is 0 Å². The van der Waals surface area contributed by atoms with Crippen LogP contribution in [0, 0.1) is 0 Å². The summed E-state index contributed by atoms with van der Waals surface area (Å²) in [6, 6.07) is 17.4. The molecule has 0 bridgehead atoms. The third-order valence-corrected chi connectivity index (χ3v) is 4.52. The highest BCUT2D eigenvalue weighted by Gasteiger charge is 2.24. The molecule has 0 spiro atoms. The van der Waals surface area contributed by atoms with Crippen LogP contribution in [0.15, 0.2) is 54.6 Å². The minimum atomic E-state index is -0.00579. The number of anilines is 3. The Labute approximate surface area is 154 Å². The number of nitrogens with zero attached hydrogens (tertiary/aromatic N) is 2. The molecule has 0 atom stereocenters. The van der Waals surface area contributed by atoms with Crippen molar-refractivity contribution in [2.45, 2.75) is 32.7 Å². The number of hydrogen-bond donors (Lipinski definition) is 1. The molecule has 5 heteroatoms. The average Bonchev–Trinajstić information content (AvgIpc) is 3.07. The second kappa shape index (κ2) is 8.04. The van der Waals surface area contributed by atoms with Gasteiger partial charge < -0.3 is 15.1 Å². The number of benzene rings is 2. The molecular weight excluding hydrogens is 326 g/mol. The molecule has 1 heterocycles. The van der Waals surface area contributed by atoms with Crippen LogP contribution in [0.2, 0.25) is 0 Å². The lowest BCUT2D eigenvalue weighted by atomic mass is 10.2. The molecule has 3 rings (SSSR count). The van der Waals surface area contributed by atoms with Crippen LogP contribution in [0.3, 0.4) is 0 Å². The van der Waals surface area contributed by atoms with E-state index >= 15 is 0 Å². The van der Waals surface area contributed by atoms with E-state index in [-0.39, 0.29) is 24.4 Å². The van der Waals surface area contributed by atoms with Gasteiger partial charge in [0, 0.05) is 24.7 Å². The summed E-state index contributed by atoms with van der Waals surface area (Å²) in [5, 5.41) is 3.23. The molecular formula is C21H25N3O2. The predicted molar refractivity (Wildman–Crippen MR) is 106 cm³/mol. The maximum atomic E-state index is 12.8. The normalized spacial score (nSPS) is 14.0. The molecule has 0 saturated carbocycles. The van der Waals surface area contributed by atoms with Gasteiger partial charge in [0.25, 0.3) is 0 Å². The van der Waals surface area contributed by atoms with Gasteiger partial charge >= 0.3 is 0 Å². The first-order chi connectivity index (χ1) is 12.6. The number of carbonyl (C=O) groups is 2. The SMILES string of the molecule is CC(C)N(C(=O)CNc1ccccc1N1CCCC1=O)c1ccccc1. The molecule has 0 aliphatic carbocycles. The lowest BCUT2D eigenvalue weighted by Gasteiger charge is -2.28. The van der Waals surface area contributed by atoms with Crippen molar-refractivity contribution in [3.8, 4) is 0 Å². The second-order valence-corrected chi connectivity index (χ2v) is 6.71. The van der Waals surface area contributed by atoms with Crippen LogP contribution in [0.1, 0.15) is 26.7 Å². The minimum absolute atomic E-state index is 0.00579. The van der Waals surface area contributed by atoms with Crippen molar-refractivity contribution in [3.05, 3.63) is 54.6 Å². The molecule has 1 N–H and O–H groups in total. The highest BCUT2D eigenvalue weighted by Crippen LogP contribution is 2.29. The number of hydrogen-bond acceptors (Lipinski definition) is 3. The van der Waals surface area contributed by atoms with Gasteiger partial charge in [0.15, 0.2) is 0 Å². The van der Waals surface area contributed by atoms with E-state index < -0.39 is 0 Å². The summed E-state index contributed by atoms with van der Waals surface area (Å²) in [6.07, 6.45) is 1.46. The van der Waals surface area contributed by atoms with Gasteiger partial charge in [-0.3, -0.25) is 9.59 Å². The molecule has 0 aromatic heterocycles. The molecule has 2 aromatic carbocycles. The summed E-state index contributed by atoms with van der Waals surface area (Å²) in [4.78, 5) is 28.5. The molecule has 0 unspecified atom stereocenters. The van der Waals surface area contributed by atoms with Crippen molar-refractivity contribution in [2.24, 2.45) is 0 Å². The van der Waals surface area contributed by atoms with E-state index in [2.05, 4.69) is 5.32 Å². The van der Waals surface area contributed by atoms with Crippen LogP contribution in [0.4, 0.5) is 17.1 Å². The maximum absolute atomic E-state index is 12.8. The Morgan fingerprint density at radius 2 is 1.81 bits per heavy atom. The number of amides is 2. The van der Waals surface area contributed by atoms with Gasteiger partial charge in [0.05, 0.1) is 17.9 Å². The molecule has 5 nitrogen and oxygen atoms in total. The highest BCUT2D eigenvalue weighted by molar-refractivity contribution is 6.00. The first-order valence-corrected chi connectivity index (χ1v) is 9.08. The summed E-state index contributed by atoms with van der Waals surface area (Å²) in [5.74, 6) is 0.132. The number of nitrogens with one attached hydrogen (secondary N) is 1. The van der Waals surface area contributed by atoms with Crippen molar-refractivity contribution < 1.29 is 9.59 Å². The zero-order valence-corrected chi connectivity index (χ0v) is 15.3. The zero-order chi connectivity index (χ0) is 18.5. The van der Waals surface area contributed by atoms with E-state index in [0.29, 0.717) is 6.42 Å². The third-order valence-electron chi connectivity index (χ3n) is 4.52. The van der Waals surface area contributed by atoms with Crippen LogP contribution >= 0.6 is 0 Å². The summed E-state index contributed by atoms with van der Waals surface area (Å²) < 4.78 is 0. The second-order valence-electron chi connectivity index (χ2n) is 6.71. The molecule has 1 fully saturated rings. The van der Waals surface area contributed by atoms with E-state index in [1.165, 1.54) is 0 Å². The number of carbonyl (C=O) groups excluding carboxylic acids is 2. The van der Waals surface area contributed by atoms with E-state index in [9.17, 15) is 9.59 Å². The standard InChI is InChI=1S/C21H25N3O2/c1-16(2)24(17-9-4-3-5-10-17)21(26)15-22-18-11-6-7-12-19(18)23-14-8-13-20(23)25/h3-7,9-12,16,22H,8,13-15H2,1-2H3. The Kier molecular flexibility index (Phi) is 5.56. The van der Waals surface area contributed by atoms with Crippen LogP contribution in [0.5, 0.6) is 0 Å². The lowest BCUT2D eigenvalue weighted by molar-refractivity contribution is -0.117. The smallest absolute Gasteiger partial charge is 0.246 e. The third kappa shape index (κ3) is 3.87. The van der Waals surface area contributed by atoms with Gasteiger partial charge in [-0.15, -0.1) is 0 Å². The maximum Gasteiger partial charge on any atom is 0.246 e. The predicted octanol–water partition coefficient (Wildman–Crippen LogP) is 3.67. The van der Waals surface area contributed by atoms with Gasteiger partial charge in [0.2, 0.25) is 11.8 Å². The van der Waals surface area contributed by atoms with Crippen LogP contribution in [-0.2, 0) is 9.59 Å². The van der Waals surface area contributed by atoms with Crippen molar-refractivity contribution >= 4 is 28.9 Å². The number of rotatable bonds is 6. The van der Waals surface area contributed by atoms with Crippen LogP contribution < -0.4 is 15.1 Å². The quantitative estimate of drug-likeness (QED) is 0.864. The first kappa shape index (κ1) is 18.0. The minimum Gasteiger partial charge on any atom is -0.374 e. The van der Waals surface area contributed by atoms with Gasteiger partial charge in [0.1, 0.15) is 0 Å². The van der Waals surface area contributed by atoms with Gasteiger partial charge in [-0.2, -0.15) is 0 Å². The largest absolute Gasteiger partial charge is 0.374 e. The monoisotopic (exact) mass is 351 g/mol. The van der Waals surface area contributed by atoms with E-state index in [0.717, 1.165) is 30.0 Å². The van der Waals surface area contributed by atoms with Gasteiger partial charge in [-0.1, -0.05) is 30.3 Å². The molecule has 2 amide bonds. The topological polar surface area (TPSA) is 52.7 Å². The molecule has 26 heavy (non-hydrogen) atoms. The van der Waals surface area contributed by atoms with E-state index in [1.807, 2.05) is 68.4 Å². The Hall–Kier alpha value is -2.82. The fraction of sp³-hybridized carbons (Fsp3) is 0.333. The molecule has 1 aliphatic rings. The van der Waals surface area contributed by atoms with Gasteiger partial charge in [-0.05, 0) is 44.5 Å². The summed E-state index contributed by atoms with van der Waals surface area (Å²) in [5.41, 5.74) is 2.55. The Balaban J connectivity index is 1.74. The molecule has 1 aliphatic heterocycles. The fourth-order valence-corrected chi connectivity index (χ4v) is 3.34. The van der Waals surface area contributed by atoms with E-state index in [1.54, 1.807) is 9.80 Å². The Bertz CT molecular complexity index is 774. The first-order valence-electron chi connectivity index (χ1n) is 9.08. The van der Waals surface area contributed by atoms with Crippen molar-refractivity contribution in [1.29, 1.82) is 0 Å². The van der Waals surface area contributed by atoms with Crippen molar-refractivity contribution in [3.63, 3.8) is 0 Å². The van der Waals surface area contributed by atoms with Crippen molar-refractivity contribution in [1.82, 2.24) is 0 Å². The van der Waals surface area contributed by atoms with E-state index in [4.69, 9.17) is 0 Å². The summed E-state index contributed by atoms with van der Waals surface area (Å²) in [6.45, 7) is 4.91. The lowest BCUT2D eigenvalue weighted by Crippen LogP contribution is -2.40.